The second kappa shape index (κ2) is 4.45. The summed E-state index contributed by atoms with van der Waals surface area (Å²) >= 11 is 0. The normalized spacial score (nSPS) is 10.3. The average Bonchev–Trinajstić information content (AvgIpc) is 2.26. The third-order valence-corrected chi connectivity index (χ3v) is 2.83. The molecule has 0 saturated carbocycles. The molecule has 0 aliphatic carbocycles. The number of nitrogens with two attached hydrogens (primary N) is 1. The second-order valence-corrected chi connectivity index (χ2v) is 4.33. The summed E-state index contributed by atoms with van der Waals surface area (Å²) < 4.78 is 0. The highest BCUT2D eigenvalue weighted by atomic mass is 15.0. The predicted molar refractivity (Wildman–Crippen MR) is 72.6 cm³/mol. The van der Waals surface area contributed by atoms with Gasteiger partial charge in [0.1, 0.15) is 5.82 Å². The number of aryl methyl sites for hydroxylation is 3. The third kappa shape index (κ3) is 2.38. The highest BCUT2D eigenvalue weighted by molar-refractivity contribution is 5.74. The number of hydrogen-bond acceptors (Lipinski definition) is 3. The summed E-state index contributed by atoms with van der Waals surface area (Å²) in [5.74, 6) is 0.532. The van der Waals surface area contributed by atoms with Crippen LogP contribution in [0.4, 0.5) is 17.2 Å². The largest absolute Gasteiger partial charge is 0.382 e. The van der Waals surface area contributed by atoms with Crippen molar-refractivity contribution in [3.05, 3.63) is 47.2 Å². The van der Waals surface area contributed by atoms with Gasteiger partial charge in [0.05, 0.1) is 5.69 Å². The van der Waals surface area contributed by atoms with Crippen LogP contribution in [0.3, 0.4) is 0 Å². The van der Waals surface area contributed by atoms with Gasteiger partial charge in [-0.25, -0.2) is 4.98 Å². The molecule has 0 atom stereocenters. The Balaban J connectivity index is 2.38. The van der Waals surface area contributed by atoms with Gasteiger partial charge in [0.15, 0.2) is 0 Å². The molecular weight excluding hydrogens is 210 g/mol. The van der Waals surface area contributed by atoms with E-state index < -0.39 is 0 Å². The van der Waals surface area contributed by atoms with E-state index in [1.54, 1.807) is 6.20 Å². The first-order valence-electron chi connectivity index (χ1n) is 5.63. The Morgan fingerprint density at radius 3 is 2.47 bits per heavy atom. The van der Waals surface area contributed by atoms with Crippen LogP contribution in [0.25, 0.3) is 0 Å². The molecule has 3 nitrogen and oxygen atoms in total. The maximum absolute atomic E-state index is 5.88. The molecule has 1 aromatic heterocycles. The standard InChI is InChI=1S/C14H17N3/c1-9-4-5-12(11(3)8-9)17-13-10(2)6-7-16-14(13)15/h4-8,17H,1-3H3,(H2,15,16). The molecule has 0 radical (unpaired) electrons. The zero-order chi connectivity index (χ0) is 12.4. The molecule has 0 fully saturated rings. The molecule has 3 heteroatoms. The maximum Gasteiger partial charge on any atom is 0.147 e. The van der Waals surface area contributed by atoms with Crippen LogP contribution < -0.4 is 11.1 Å². The van der Waals surface area contributed by atoms with Crippen molar-refractivity contribution >= 4 is 17.2 Å². The number of nitrogen functional groups attached to an aromatic ring is 1. The first-order chi connectivity index (χ1) is 8.08. The summed E-state index contributed by atoms with van der Waals surface area (Å²) in [5, 5.41) is 3.35. The minimum atomic E-state index is 0.532. The first kappa shape index (κ1) is 11.5. The van der Waals surface area contributed by atoms with E-state index in [2.05, 4.69) is 42.3 Å². The van der Waals surface area contributed by atoms with E-state index in [-0.39, 0.29) is 0 Å². The number of benzene rings is 1. The van der Waals surface area contributed by atoms with Crippen molar-refractivity contribution in [3.8, 4) is 0 Å². The van der Waals surface area contributed by atoms with Crippen LogP contribution in [0.15, 0.2) is 30.5 Å². The number of nitrogens with one attached hydrogen (secondary N) is 1. The van der Waals surface area contributed by atoms with Gasteiger partial charge < -0.3 is 11.1 Å². The van der Waals surface area contributed by atoms with Crippen molar-refractivity contribution in [2.75, 3.05) is 11.1 Å². The van der Waals surface area contributed by atoms with Crippen molar-refractivity contribution in [2.45, 2.75) is 20.8 Å². The number of anilines is 3. The molecule has 0 spiro atoms. The number of hydrogen-bond donors (Lipinski definition) is 2. The Morgan fingerprint density at radius 2 is 1.82 bits per heavy atom. The average molecular weight is 227 g/mol. The molecule has 1 aromatic carbocycles. The van der Waals surface area contributed by atoms with Gasteiger partial charge in [0.25, 0.3) is 0 Å². The topological polar surface area (TPSA) is 50.9 Å². The van der Waals surface area contributed by atoms with Gasteiger partial charge in [0.2, 0.25) is 0 Å². The molecule has 0 saturated heterocycles. The first-order valence-corrected chi connectivity index (χ1v) is 5.63. The molecule has 2 rings (SSSR count). The van der Waals surface area contributed by atoms with Gasteiger partial charge in [-0.1, -0.05) is 17.7 Å². The van der Waals surface area contributed by atoms with Crippen LogP contribution in [-0.4, -0.2) is 4.98 Å². The van der Waals surface area contributed by atoms with Crippen LogP contribution >= 0.6 is 0 Å². The van der Waals surface area contributed by atoms with Gasteiger partial charge in [0, 0.05) is 11.9 Å². The second-order valence-electron chi connectivity index (χ2n) is 4.33. The molecule has 0 bridgehead atoms. The smallest absolute Gasteiger partial charge is 0.147 e. The Hall–Kier alpha value is -2.03. The summed E-state index contributed by atoms with van der Waals surface area (Å²) in [6.45, 7) is 6.18. The molecule has 2 aromatic rings. The molecule has 3 N–H and O–H groups in total. The van der Waals surface area contributed by atoms with E-state index in [0.29, 0.717) is 5.82 Å². The van der Waals surface area contributed by atoms with E-state index in [1.807, 2.05) is 13.0 Å². The molecule has 0 amide bonds. The lowest BCUT2D eigenvalue weighted by atomic mass is 10.1. The minimum Gasteiger partial charge on any atom is -0.382 e. The van der Waals surface area contributed by atoms with Gasteiger partial charge >= 0.3 is 0 Å². The van der Waals surface area contributed by atoms with Crippen LogP contribution in [0, 0.1) is 20.8 Å². The molecular formula is C14H17N3. The SMILES string of the molecule is Cc1ccc(Nc2c(C)ccnc2N)c(C)c1. The van der Waals surface area contributed by atoms with Crippen molar-refractivity contribution in [1.29, 1.82) is 0 Å². The van der Waals surface area contributed by atoms with E-state index in [9.17, 15) is 0 Å². The molecule has 0 aliphatic rings. The summed E-state index contributed by atoms with van der Waals surface area (Å²) in [4.78, 5) is 4.10. The van der Waals surface area contributed by atoms with Crippen LogP contribution in [0.2, 0.25) is 0 Å². The zero-order valence-electron chi connectivity index (χ0n) is 10.4. The predicted octanol–water partition coefficient (Wildman–Crippen LogP) is 3.33. The lowest BCUT2D eigenvalue weighted by Gasteiger charge is -2.13. The minimum absolute atomic E-state index is 0.532. The molecule has 1 heterocycles. The van der Waals surface area contributed by atoms with Crippen LogP contribution in [0.1, 0.15) is 16.7 Å². The van der Waals surface area contributed by atoms with E-state index >= 15 is 0 Å². The fourth-order valence-electron chi connectivity index (χ4n) is 1.83. The fraction of sp³-hybridized carbons (Fsp3) is 0.214. The van der Waals surface area contributed by atoms with E-state index in [4.69, 9.17) is 5.73 Å². The summed E-state index contributed by atoms with van der Waals surface area (Å²) in [6.07, 6.45) is 1.72. The Morgan fingerprint density at radius 1 is 1.06 bits per heavy atom. The number of rotatable bonds is 2. The number of aromatic nitrogens is 1. The molecule has 0 aliphatic heterocycles. The molecule has 88 valence electrons. The fourth-order valence-corrected chi connectivity index (χ4v) is 1.83. The van der Waals surface area contributed by atoms with Crippen molar-refractivity contribution in [3.63, 3.8) is 0 Å². The van der Waals surface area contributed by atoms with Crippen LogP contribution in [-0.2, 0) is 0 Å². The van der Waals surface area contributed by atoms with E-state index in [0.717, 1.165) is 16.9 Å². The summed E-state index contributed by atoms with van der Waals surface area (Å²) in [6, 6.07) is 8.24. The number of nitrogens with zero attached hydrogens (tertiary/aromatic N) is 1. The Labute approximate surface area is 102 Å². The summed E-state index contributed by atoms with van der Waals surface area (Å²) in [5.41, 5.74) is 11.4. The van der Waals surface area contributed by atoms with Gasteiger partial charge in [-0.05, 0) is 44.0 Å². The third-order valence-electron chi connectivity index (χ3n) is 2.83. The maximum atomic E-state index is 5.88. The summed E-state index contributed by atoms with van der Waals surface area (Å²) in [7, 11) is 0. The Kier molecular flexibility index (Phi) is 3.00. The lowest BCUT2D eigenvalue weighted by Crippen LogP contribution is -2.02. The Bertz CT molecular complexity index is 527. The lowest BCUT2D eigenvalue weighted by molar-refractivity contribution is 1.28. The van der Waals surface area contributed by atoms with Crippen molar-refractivity contribution in [2.24, 2.45) is 0 Å². The monoisotopic (exact) mass is 227 g/mol. The van der Waals surface area contributed by atoms with E-state index in [1.165, 1.54) is 11.1 Å². The van der Waals surface area contributed by atoms with Crippen molar-refractivity contribution in [1.82, 2.24) is 4.98 Å². The zero-order valence-corrected chi connectivity index (χ0v) is 10.4. The molecule has 0 unspecified atom stereocenters. The van der Waals surface area contributed by atoms with Crippen molar-refractivity contribution < 1.29 is 0 Å². The number of pyridine rings is 1. The molecule has 17 heavy (non-hydrogen) atoms. The quantitative estimate of drug-likeness (QED) is 0.827. The van der Waals surface area contributed by atoms with Gasteiger partial charge in [-0.15, -0.1) is 0 Å². The highest BCUT2D eigenvalue weighted by Crippen LogP contribution is 2.27. The van der Waals surface area contributed by atoms with Gasteiger partial charge in [-0.3, -0.25) is 0 Å². The highest BCUT2D eigenvalue weighted by Gasteiger charge is 2.05. The van der Waals surface area contributed by atoms with Crippen LogP contribution in [0.5, 0.6) is 0 Å². The van der Waals surface area contributed by atoms with Gasteiger partial charge in [-0.2, -0.15) is 0 Å².